The maximum absolute atomic E-state index is 12.4. The van der Waals surface area contributed by atoms with Crippen LogP contribution in [-0.2, 0) is 14.8 Å². The predicted octanol–water partition coefficient (Wildman–Crippen LogP) is 2.00. The van der Waals surface area contributed by atoms with Crippen LogP contribution in [0.15, 0.2) is 0 Å². The lowest BCUT2D eigenvalue weighted by molar-refractivity contribution is -0.126. The van der Waals surface area contributed by atoms with Crippen molar-refractivity contribution in [2.75, 3.05) is 18.8 Å². The zero-order valence-corrected chi connectivity index (χ0v) is 15.8. The van der Waals surface area contributed by atoms with E-state index in [2.05, 4.69) is 10.3 Å². The van der Waals surface area contributed by atoms with E-state index >= 15 is 0 Å². The Morgan fingerprint density at radius 2 is 2.00 bits per heavy atom. The fourth-order valence-corrected chi connectivity index (χ4v) is 4.99. The third-order valence-corrected chi connectivity index (χ3v) is 7.41. The smallest absolute Gasteiger partial charge is 0.223 e. The topological polar surface area (TPSA) is 79.4 Å². The molecule has 0 saturated carbocycles. The number of aryl methyl sites for hydroxylation is 2. The van der Waals surface area contributed by atoms with Gasteiger partial charge in [0.2, 0.25) is 15.9 Å². The zero-order chi connectivity index (χ0) is 17.2. The second kappa shape index (κ2) is 7.27. The quantitative estimate of drug-likeness (QED) is 0.872. The molecule has 1 aliphatic rings. The molecule has 0 aliphatic carbocycles. The van der Waals surface area contributed by atoms with Gasteiger partial charge in [0, 0.05) is 23.9 Å². The molecular formula is C15H25N3O3S2. The number of nitrogens with zero attached hydrogens (tertiary/aromatic N) is 2. The van der Waals surface area contributed by atoms with Crippen molar-refractivity contribution in [1.29, 1.82) is 0 Å². The molecule has 0 spiro atoms. The maximum atomic E-state index is 12.4. The van der Waals surface area contributed by atoms with Crippen LogP contribution >= 0.6 is 11.3 Å². The lowest BCUT2D eigenvalue weighted by Crippen LogP contribution is -2.43. The molecule has 1 N–H and O–H groups in total. The van der Waals surface area contributed by atoms with Crippen LogP contribution in [0.4, 0.5) is 0 Å². The Morgan fingerprint density at radius 3 is 2.48 bits per heavy atom. The van der Waals surface area contributed by atoms with Crippen molar-refractivity contribution in [3.05, 3.63) is 15.6 Å². The first-order chi connectivity index (χ1) is 10.7. The second-order valence-corrected chi connectivity index (χ2v) is 9.48. The molecule has 8 heteroatoms. The highest BCUT2D eigenvalue weighted by atomic mass is 32.2. The van der Waals surface area contributed by atoms with Crippen molar-refractivity contribution in [2.24, 2.45) is 5.92 Å². The van der Waals surface area contributed by atoms with E-state index in [1.807, 2.05) is 20.8 Å². The molecule has 2 heterocycles. The lowest BCUT2D eigenvalue weighted by atomic mass is 9.97. The van der Waals surface area contributed by atoms with E-state index in [1.54, 1.807) is 18.3 Å². The largest absolute Gasteiger partial charge is 0.348 e. The lowest BCUT2D eigenvalue weighted by Gasteiger charge is -2.30. The molecule has 1 atom stereocenters. The number of thiazole rings is 1. The Labute approximate surface area is 142 Å². The van der Waals surface area contributed by atoms with Gasteiger partial charge in [0.15, 0.2) is 0 Å². The van der Waals surface area contributed by atoms with Crippen molar-refractivity contribution in [3.8, 4) is 0 Å². The van der Waals surface area contributed by atoms with Gasteiger partial charge in [-0.3, -0.25) is 4.79 Å². The van der Waals surface area contributed by atoms with Crippen LogP contribution in [0.3, 0.4) is 0 Å². The standard InChI is InChI=1S/C15H25N3O3S2/c1-5-23(20,21)18-8-6-13(7-9-18)15(19)17-11(3)14-10(2)16-12(4)22-14/h11,13H,5-9H2,1-4H3,(H,17,19)/t11-/m0/s1. The summed E-state index contributed by atoms with van der Waals surface area (Å²) in [7, 11) is -3.14. The Morgan fingerprint density at radius 1 is 1.39 bits per heavy atom. The van der Waals surface area contributed by atoms with Crippen LogP contribution in [0.25, 0.3) is 0 Å². The summed E-state index contributed by atoms with van der Waals surface area (Å²) in [6.07, 6.45) is 1.16. The number of hydrogen-bond donors (Lipinski definition) is 1. The molecule has 23 heavy (non-hydrogen) atoms. The molecule has 0 unspecified atom stereocenters. The van der Waals surface area contributed by atoms with Gasteiger partial charge in [-0.25, -0.2) is 17.7 Å². The van der Waals surface area contributed by atoms with Gasteiger partial charge in [0.05, 0.1) is 22.5 Å². The summed E-state index contributed by atoms with van der Waals surface area (Å²) < 4.78 is 25.2. The minimum absolute atomic E-state index is 0.0106. The van der Waals surface area contributed by atoms with E-state index in [9.17, 15) is 13.2 Å². The van der Waals surface area contributed by atoms with E-state index in [0.29, 0.717) is 25.9 Å². The molecule has 130 valence electrons. The number of amides is 1. The molecule has 1 aromatic heterocycles. The predicted molar refractivity (Wildman–Crippen MR) is 91.9 cm³/mol. The minimum atomic E-state index is -3.14. The van der Waals surface area contributed by atoms with E-state index in [-0.39, 0.29) is 23.6 Å². The monoisotopic (exact) mass is 359 g/mol. The highest BCUT2D eigenvalue weighted by Gasteiger charge is 2.30. The summed E-state index contributed by atoms with van der Waals surface area (Å²) in [4.78, 5) is 17.9. The van der Waals surface area contributed by atoms with Crippen molar-refractivity contribution in [2.45, 2.75) is 46.6 Å². The SMILES string of the molecule is CCS(=O)(=O)N1CCC(C(=O)N[C@@H](C)c2sc(C)nc2C)CC1. The average Bonchev–Trinajstić information content (AvgIpc) is 2.86. The maximum Gasteiger partial charge on any atom is 0.223 e. The Bertz CT molecular complexity index is 662. The number of carbonyl (C=O) groups is 1. The molecular weight excluding hydrogens is 334 g/mol. The van der Waals surface area contributed by atoms with Gasteiger partial charge in [0.25, 0.3) is 0 Å². The minimum Gasteiger partial charge on any atom is -0.348 e. The number of nitrogens with one attached hydrogen (secondary N) is 1. The molecule has 0 bridgehead atoms. The third kappa shape index (κ3) is 4.30. The summed E-state index contributed by atoms with van der Waals surface area (Å²) in [6.45, 7) is 8.39. The number of piperidine rings is 1. The van der Waals surface area contributed by atoms with Crippen LogP contribution in [0, 0.1) is 19.8 Å². The fourth-order valence-electron chi connectivity index (χ4n) is 2.92. The van der Waals surface area contributed by atoms with Crippen molar-refractivity contribution >= 4 is 27.3 Å². The fraction of sp³-hybridized carbons (Fsp3) is 0.733. The Hall–Kier alpha value is -0.990. The highest BCUT2D eigenvalue weighted by Crippen LogP contribution is 2.26. The van der Waals surface area contributed by atoms with Gasteiger partial charge in [0.1, 0.15) is 0 Å². The zero-order valence-electron chi connectivity index (χ0n) is 14.1. The summed E-state index contributed by atoms with van der Waals surface area (Å²) in [6, 6.07) is -0.0638. The second-order valence-electron chi connectivity index (χ2n) is 5.99. The van der Waals surface area contributed by atoms with Gasteiger partial charge in [-0.1, -0.05) is 0 Å². The van der Waals surface area contributed by atoms with Crippen LogP contribution in [0.1, 0.15) is 48.3 Å². The molecule has 1 aliphatic heterocycles. The van der Waals surface area contributed by atoms with Crippen molar-refractivity contribution < 1.29 is 13.2 Å². The van der Waals surface area contributed by atoms with Gasteiger partial charge in [-0.05, 0) is 40.5 Å². The van der Waals surface area contributed by atoms with Crippen LogP contribution < -0.4 is 5.32 Å². The molecule has 6 nitrogen and oxygen atoms in total. The van der Waals surface area contributed by atoms with Crippen LogP contribution in [0.5, 0.6) is 0 Å². The van der Waals surface area contributed by atoms with Gasteiger partial charge >= 0.3 is 0 Å². The number of rotatable bonds is 5. The van der Waals surface area contributed by atoms with Crippen molar-refractivity contribution in [3.63, 3.8) is 0 Å². The molecule has 1 saturated heterocycles. The molecule has 0 radical (unpaired) electrons. The van der Waals surface area contributed by atoms with E-state index in [1.165, 1.54) is 4.31 Å². The molecule has 0 aromatic carbocycles. The summed E-state index contributed by atoms with van der Waals surface area (Å²) >= 11 is 1.60. The Balaban J connectivity index is 1.92. The third-order valence-electron chi connectivity index (χ3n) is 4.27. The first-order valence-corrected chi connectivity index (χ1v) is 10.4. The van der Waals surface area contributed by atoms with Crippen molar-refractivity contribution in [1.82, 2.24) is 14.6 Å². The normalized spacial score (nSPS) is 18.8. The highest BCUT2D eigenvalue weighted by molar-refractivity contribution is 7.89. The first kappa shape index (κ1) is 18.4. The van der Waals surface area contributed by atoms with Crippen LogP contribution in [0.2, 0.25) is 0 Å². The number of hydrogen-bond acceptors (Lipinski definition) is 5. The molecule has 1 aromatic rings. The number of carbonyl (C=O) groups excluding carboxylic acids is 1. The summed E-state index contributed by atoms with van der Waals surface area (Å²) in [5, 5.41) is 4.05. The molecule has 1 fully saturated rings. The number of sulfonamides is 1. The first-order valence-electron chi connectivity index (χ1n) is 7.96. The average molecular weight is 360 g/mol. The molecule has 2 rings (SSSR count). The number of aromatic nitrogens is 1. The van der Waals surface area contributed by atoms with Gasteiger partial charge < -0.3 is 5.32 Å². The van der Waals surface area contributed by atoms with E-state index in [0.717, 1.165) is 15.6 Å². The van der Waals surface area contributed by atoms with Gasteiger partial charge in [-0.15, -0.1) is 11.3 Å². The summed E-state index contributed by atoms with van der Waals surface area (Å²) in [5.41, 5.74) is 0.962. The van der Waals surface area contributed by atoms with E-state index in [4.69, 9.17) is 0 Å². The van der Waals surface area contributed by atoms with Crippen LogP contribution in [-0.4, -0.2) is 42.5 Å². The van der Waals surface area contributed by atoms with Gasteiger partial charge in [-0.2, -0.15) is 0 Å². The van der Waals surface area contributed by atoms with E-state index < -0.39 is 10.0 Å². The summed E-state index contributed by atoms with van der Waals surface area (Å²) in [5.74, 6) is 0.0110. The molecule has 1 amide bonds. The Kier molecular flexibility index (Phi) is 5.80.